The highest BCUT2D eigenvalue weighted by atomic mass is 32.1. The van der Waals surface area contributed by atoms with Crippen LogP contribution in [-0.2, 0) is 11.2 Å². The van der Waals surface area contributed by atoms with E-state index < -0.39 is 0 Å². The molecule has 4 rings (SSSR count). The Hall–Kier alpha value is -1.69. The van der Waals surface area contributed by atoms with Crippen LogP contribution in [0.4, 0.5) is 0 Å². The molecule has 1 aromatic heterocycles. The molecule has 1 amide bonds. The third kappa shape index (κ3) is 3.96. The lowest BCUT2D eigenvalue weighted by molar-refractivity contribution is -0.135. The minimum absolute atomic E-state index is 0.0608. The van der Waals surface area contributed by atoms with Crippen LogP contribution in [0.25, 0.3) is 0 Å². The number of piperazine rings is 1. The minimum Gasteiger partial charge on any atom is -0.330 e. The summed E-state index contributed by atoms with van der Waals surface area (Å²) in [5.74, 6) is 0.263. The summed E-state index contributed by atoms with van der Waals surface area (Å²) in [6.45, 7) is 9.93. The highest BCUT2D eigenvalue weighted by molar-refractivity contribution is 7.10. The molecular weight excluding hydrogens is 354 g/mol. The largest absolute Gasteiger partial charge is 0.330 e. The molecule has 1 aromatic carbocycles. The van der Waals surface area contributed by atoms with Crippen molar-refractivity contribution in [1.82, 2.24) is 14.7 Å². The van der Waals surface area contributed by atoms with E-state index in [1.807, 2.05) is 17.4 Å². The van der Waals surface area contributed by atoms with Crippen molar-refractivity contribution in [3.8, 4) is 0 Å². The molecule has 1 saturated heterocycles. The first kappa shape index (κ1) is 18.7. The molecular formula is C22H29N3OS. The number of hydrogen-bond acceptors (Lipinski definition) is 4. The summed E-state index contributed by atoms with van der Waals surface area (Å²) in [5.41, 5.74) is 2.53. The van der Waals surface area contributed by atoms with Gasteiger partial charge in [0, 0.05) is 43.6 Å². The van der Waals surface area contributed by atoms with Crippen molar-refractivity contribution in [2.45, 2.75) is 32.4 Å². The van der Waals surface area contributed by atoms with Crippen molar-refractivity contribution in [2.75, 3.05) is 39.3 Å². The Morgan fingerprint density at radius 3 is 2.52 bits per heavy atom. The minimum atomic E-state index is 0.0608. The van der Waals surface area contributed by atoms with E-state index in [4.69, 9.17) is 0 Å². The van der Waals surface area contributed by atoms with Gasteiger partial charge in [0.2, 0.25) is 5.91 Å². The predicted octanol–water partition coefficient (Wildman–Crippen LogP) is 3.25. The molecule has 2 aliphatic rings. The fourth-order valence-corrected chi connectivity index (χ4v) is 5.20. The van der Waals surface area contributed by atoms with Crippen LogP contribution in [0.3, 0.4) is 0 Å². The molecule has 0 N–H and O–H groups in total. The highest BCUT2D eigenvalue weighted by Crippen LogP contribution is 2.37. The Morgan fingerprint density at radius 1 is 1.07 bits per heavy atom. The summed E-state index contributed by atoms with van der Waals surface area (Å²) < 4.78 is 0. The number of fused-ring (bicyclic) bond motifs is 1. The van der Waals surface area contributed by atoms with Crippen molar-refractivity contribution in [3.63, 3.8) is 0 Å². The molecule has 0 saturated carbocycles. The van der Waals surface area contributed by atoms with Crippen LogP contribution in [0.15, 0.2) is 41.8 Å². The molecule has 0 bridgehead atoms. The number of rotatable bonds is 4. The zero-order valence-electron chi connectivity index (χ0n) is 16.3. The van der Waals surface area contributed by atoms with Crippen molar-refractivity contribution < 1.29 is 4.79 Å². The monoisotopic (exact) mass is 383 g/mol. The number of carbonyl (C=O) groups excluding carboxylic acids is 1. The van der Waals surface area contributed by atoms with Crippen LogP contribution < -0.4 is 0 Å². The summed E-state index contributed by atoms with van der Waals surface area (Å²) in [7, 11) is 0. The van der Waals surface area contributed by atoms with Crippen molar-refractivity contribution in [3.05, 3.63) is 57.8 Å². The number of carbonyl (C=O) groups is 1. The Morgan fingerprint density at radius 2 is 1.81 bits per heavy atom. The molecule has 1 atom stereocenters. The smallest absolute Gasteiger partial charge is 0.237 e. The van der Waals surface area contributed by atoms with Gasteiger partial charge in [0.05, 0.1) is 12.6 Å². The number of thiophene rings is 1. The van der Waals surface area contributed by atoms with Crippen LogP contribution in [0.2, 0.25) is 0 Å². The molecule has 27 heavy (non-hydrogen) atoms. The first-order valence-corrected chi connectivity index (χ1v) is 10.9. The van der Waals surface area contributed by atoms with Gasteiger partial charge >= 0.3 is 0 Å². The van der Waals surface area contributed by atoms with Crippen LogP contribution in [0.5, 0.6) is 0 Å². The fourth-order valence-electron chi connectivity index (χ4n) is 4.30. The Kier molecular flexibility index (Phi) is 5.62. The van der Waals surface area contributed by atoms with Crippen LogP contribution >= 0.6 is 11.3 Å². The molecule has 1 fully saturated rings. The summed E-state index contributed by atoms with van der Waals surface area (Å²) >= 11 is 1.82. The van der Waals surface area contributed by atoms with Crippen LogP contribution in [-0.4, -0.2) is 65.9 Å². The zero-order chi connectivity index (χ0) is 18.8. The third-order valence-corrected chi connectivity index (χ3v) is 6.89. The van der Waals surface area contributed by atoms with Gasteiger partial charge in [-0.15, -0.1) is 11.3 Å². The quantitative estimate of drug-likeness (QED) is 0.811. The highest BCUT2D eigenvalue weighted by Gasteiger charge is 2.33. The summed E-state index contributed by atoms with van der Waals surface area (Å²) in [6.07, 6.45) is 0.975. The lowest BCUT2D eigenvalue weighted by Crippen LogP contribution is -2.52. The topological polar surface area (TPSA) is 26.8 Å². The molecule has 2 aliphatic heterocycles. The standard InChI is InChI=1S/C22H29N3OS/c1-17(2)24-13-11-23(12-14-24)16-21(26)25-10-8-20-19(9-15-27-20)22(25)18-6-4-3-5-7-18/h3-7,9,15,17,22H,8,10-14,16H2,1-2H3. The van der Waals surface area contributed by atoms with Gasteiger partial charge in [-0.05, 0) is 42.8 Å². The second-order valence-electron chi connectivity index (χ2n) is 7.86. The summed E-state index contributed by atoms with van der Waals surface area (Å²) in [5, 5.41) is 2.17. The number of benzene rings is 1. The van der Waals surface area contributed by atoms with E-state index in [-0.39, 0.29) is 11.9 Å². The van der Waals surface area contributed by atoms with Gasteiger partial charge in [0.15, 0.2) is 0 Å². The van der Waals surface area contributed by atoms with Gasteiger partial charge in [0.1, 0.15) is 0 Å². The van der Waals surface area contributed by atoms with Gasteiger partial charge < -0.3 is 4.90 Å². The Labute approximate surface area is 166 Å². The molecule has 5 heteroatoms. The normalized spacial score (nSPS) is 21.4. The van der Waals surface area contributed by atoms with E-state index in [0.29, 0.717) is 12.6 Å². The van der Waals surface area contributed by atoms with Gasteiger partial charge in [0.25, 0.3) is 0 Å². The maximum absolute atomic E-state index is 13.3. The van der Waals surface area contributed by atoms with Crippen LogP contribution in [0.1, 0.15) is 35.9 Å². The molecule has 0 radical (unpaired) electrons. The van der Waals surface area contributed by atoms with Crippen molar-refractivity contribution in [1.29, 1.82) is 0 Å². The fraction of sp³-hybridized carbons (Fsp3) is 0.500. The summed E-state index contributed by atoms with van der Waals surface area (Å²) in [4.78, 5) is 21.6. The molecule has 144 valence electrons. The molecule has 3 heterocycles. The maximum atomic E-state index is 13.3. The number of hydrogen-bond donors (Lipinski definition) is 0. The Balaban J connectivity index is 1.49. The summed E-state index contributed by atoms with van der Waals surface area (Å²) in [6, 6.07) is 13.3. The molecule has 0 spiro atoms. The van der Waals surface area contributed by atoms with Gasteiger partial charge in [-0.3, -0.25) is 14.6 Å². The zero-order valence-corrected chi connectivity index (χ0v) is 17.1. The first-order valence-electron chi connectivity index (χ1n) is 10.0. The molecule has 4 nitrogen and oxygen atoms in total. The van der Waals surface area contributed by atoms with E-state index in [1.54, 1.807) is 0 Å². The van der Waals surface area contributed by atoms with E-state index >= 15 is 0 Å². The number of nitrogens with zero attached hydrogens (tertiary/aromatic N) is 3. The maximum Gasteiger partial charge on any atom is 0.237 e. The van der Waals surface area contributed by atoms with E-state index in [0.717, 1.165) is 39.1 Å². The van der Waals surface area contributed by atoms with E-state index in [1.165, 1.54) is 16.0 Å². The Bertz CT molecular complexity index is 765. The number of amides is 1. The SMILES string of the molecule is CC(C)N1CCN(CC(=O)N2CCc3sccc3C2c2ccccc2)CC1. The van der Waals surface area contributed by atoms with Gasteiger partial charge in [-0.25, -0.2) is 0 Å². The van der Waals surface area contributed by atoms with Crippen LogP contribution in [0, 0.1) is 0 Å². The first-order chi connectivity index (χ1) is 13.1. The third-order valence-electron chi connectivity index (χ3n) is 5.90. The van der Waals surface area contributed by atoms with Crippen molar-refractivity contribution in [2.24, 2.45) is 0 Å². The lowest BCUT2D eigenvalue weighted by atomic mass is 9.93. The molecule has 0 aliphatic carbocycles. The second kappa shape index (κ2) is 8.13. The molecule has 2 aromatic rings. The lowest BCUT2D eigenvalue weighted by Gasteiger charge is -2.40. The van der Waals surface area contributed by atoms with Crippen molar-refractivity contribution >= 4 is 17.2 Å². The van der Waals surface area contributed by atoms with Gasteiger partial charge in [-0.2, -0.15) is 0 Å². The average molecular weight is 384 g/mol. The van der Waals surface area contributed by atoms with Gasteiger partial charge in [-0.1, -0.05) is 30.3 Å². The second-order valence-corrected chi connectivity index (χ2v) is 8.86. The van der Waals surface area contributed by atoms with E-state index in [9.17, 15) is 4.79 Å². The van der Waals surface area contributed by atoms with E-state index in [2.05, 4.69) is 64.3 Å². The average Bonchev–Trinajstić information content (AvgIpc) is 3.17. The molecule has 1 unspecified atom stereocenters. The predicted molar refractivity (Wildman–Crippen MR) is 111 cm³/mol.